The van der Waals surface area contributed by atoms with Gasteiger partial charge in [-0.15, -0.1) is 0 Å². The molecule has 2 aromatic carbocycles. The van der Waals surface area contributed by atoms with Crippen molar-refractivity contribution in [3.05, 3.63) is 63.6 Å². The lowest BCUT2D eigenvalue weighted by Gasteiger charge is -2.19. The van der Waals surface area contributed by atoms with Gasteiger partial charge in [0, 0.05) is 16.2 Å². The maximum Gasteiger partial charge on any atom is 0.337 e. The number of nitrogens with one attached hydrogen (secondary N) is 1. The molecule has 0 aliphatic carbocycles. The summed E-state index contributed by atoms with van der Waals surface area (Å²) in [7, 11) is 1.39. The van der Waals surface area contributed by atoms with E-state index in [1.54, 1.807) is 6.07 Å². The molecule has 0 amide bonds. The van der Waals surface area contributed by atoms with E-state index in [4.69, 9.17) is 4.74 Å². The zero-order chi connectivity index (χ0) is 15.4. The second kappa shape index (κ2) is 6.76. The van der Waals surface area contributed by atoms with Crippen molar-refractivity contribution in [1.29, 1.82) is 0 Å². The molecule has 0 bridgehead atoms. The van der Waals surface area contributed by atoms with Gasteiger partial charge in [-0.25, -0.2) is 4.79 Å². The van der Waals surface area contributed by atoms with E-state index in [1.165, 1.54) is 12.7 Å². The summed E-state index contributed by atoms with van der Waals surface area (Å²) < 4.78 is 5.83. The van der Waals surface area contributed by atoms with Crippen molar-refractivity contribution >= 4 is 27.6 Å². The van der Waals surface area contributed by atoms with Gasteiger partial charge in [0.2, 0.25) is 0 Å². The van der Waals surface area contributed by atoms with Gasteiger partial charge in [-0.2, -0.15) is 0 Å². The minimum Gasteiger partial charge on any atom is -0.465 e. The van der Waals surface area contributed by atoms with Crippen molar-refractivity contribution in [2.45, 2.75) is 19.9 Å². The van der Waals surface area contributed by atoms with Gasteiger partial charge in [0.25, 0.3) is 0 Å². The van der Waals surface area contributed by atoms with E-state index in [9.17, 15) is 4.79 Å². The summed E-state index contributed by atoms with van der Waals surface area (Å²) in [6.45, 7) is 4.10. The van der Waals surface area contributed by atoms with Crippen LogP contribution in [0, 0.1) is 6.92 Å². The summed E-state index contributed by atoms with van der Waals surface area (Å²) in [5, 5.41) is 3.45. The first-order chi connectivity index (χ1) is 10.0. The van der Waals surface area contributed by atoms with Gasteiger partial charge < -0.3 is 10.1 Å². The first-order valence-corrected chi connectivity index (χ1v) is 7.52. The van der Waals surface area contributed by atoms with E-state index in [1.807, 2.05) is 37.3 Å². The molecule has 0 aliphatic rings. The quantitative estimate of drug-likeness (QED) is 0.813. The molecule has 0 spiro atoms. The minimum atomic E-state index is -0.327. The number of hydrogen-bond donors (Lipinski definition) is 1. The Labute approximate surface area is 133 Å². The molecule has 2 rings (SSSR count). The van der Waals surface area contributed by atoms with Crippen LogP contribution in [-0.4, -0.2) is 13.1 Å². The maximum absolute atomic E-state index is 11.6. The van der Waals surface area contributed by atoms with E-state index >= 15 is 0 Å². The highest BCUT2D eigenvalue weighted by molar-refractivity contribution is 9.10. The van der Waals surface area contributed by atoms with Crippen molar-refractivity contribution in [1.82, 2.24) is 0 Å². The van der Waals surface area contributed by atoms with Gasteiger partial charge in [0.15, 0.2) is 0 Å². The van der Waals surface area contributed by atoms with Crippen molar-refractivity contribution in [2.24, 2.45) is 0 Å². The molecule has 0 heterocycles. The number of carbonyl (C=O) groups excluding carboxylic acids is 1. The van der Waals surface area contributed by atoms with Crippen molar-refractivity contribution in [3.63, 3.8) is 0 Å². The van der Waals surface area contributed by atoms with E-state index in [2.05, 4.69) is 34.2 Å². The number of benzene rings is 2. The number of rotatable bonds is 4. The molecule has 0 fully saturated rings. The van der Waals surface area contributed by atoms with E-state index in [0.29, 0.717) is 5.56 Å². The van der Waals surface area contributed by atoms with Gasteiger partial charge in [-0.1, -0.05) is 40.2 Å². The summed E-state index contributed by atoms with van der Waals surface area (Å²) in [5.74, 6) is -0.327. The molecule has 0 saturated heterocycles. The molecule has 3 nitrogen and oxygen atoms in total. The highest BCUT2D eigenvalue weighted by atomic mass is 79.9. The zero-order valence-electron chi connectivity index (χ0n) is 12.3. The Morgan fingerprint density at radius 1 is 1.24 bits per heavy atom. The average molecular weight is 348 g/mol. The van der Waals surface area contributed by atoms with Crippen LogP contribution < -0.4 is 5.32 Å². The Hall–Kier alpha value is -1.81. The number of aryl methyl sites for hydroxylation is 1. The number of ether oxygens (including phenoxy) is 1. The van der Waals surface area contributed by atoms with Crippen molar-refractivity contribution in [3.8, 4) is 0 Å². The van der Waals surface area contributed by atoms with Crippen LogP contribution >= 0.6 is 15.9 Å². The fourth-order valence-corrected chi connectivity index (χ4v) is 2.79. The van der Waals surface area contributed by atoms with Crippen LogP contribution in [0.4, 0.5) is 5.69 Å². The molecule has 2 aromatic rings. The Balaban J connectivity index is 2.27. The molecule has 0 aromatic heterocycles. The van der Waals surface area contributed by atoms with Crippen molar-refractivity contribution in [2.75, 3.05) is 12.4 Å². The van der Waals surface area contributed by atoms with Crippen LogP contribution in [0.3, 0.4) is 0 Å². The monoisotopic (exact) mass is 347 g/mol. The summed E-state index contributed by atoms with van der Waals surface area (Å²) in [4.78, 5) is 11.6. The van der Waals surface area contributed by atoms with Crippen molar-refractivity contribution < 1.29 is 9.53 Å². The highest BCUT2D eigenvalue weighted by Crippen LogP contribution is 2.28. The van der Waals surface area contributed by atoms with Gasteiger partial charge in [-0.05, 0) is 43.2 Å². The van der Waals surface area contributed by atoms with Crippen LogP contribution in [0.25, 0.3) is 0 Å². The Bertz CT molecular complexity index is 655. The normalized spacial score (nSPS) is 11.8. The van der Waals surface area contributed by atoms with Crippen LogP contribution in [0.15, 0.2) is 46.9 Å². The van der Waals surface area contributed by atoms with Gasteiger partial charge in [0.1, 0.15) is 0 Å². The van der Waals surface area contributed by atoms with Gasteiger partial charge in [-0.3, -0.25) is 0 Å². The largest absolute Gasteiger partial charge is 0.465 e. The van der Waals surface area contributed by atoms with E-state index < -0.39 is 0 Å². The number of halogens is 1. The predicted octanol–water partition coefficient (Wildman–Crippen LogP) is 4.72. The van der Waals surface area contributed by atoms with Gasteiger partial charge in [0.05, 0.1) is 12.7 Å². The zero-order valence-corrected chi connectivity index (χ0v) is 13.9. The number of esters is 1. The van der Waals surface area contributed by atoms with E-state index in [0.717, 1.165) is 15.7 Å². The number of anilines is 1. The predicted molar refractivity (Wildman–Crippen MR) is 88.7 cm³/mol. The van der Waals surface area contributed by atoms with Crippen LogP contribution in [0.5, 0.6) is 0 Å². The molecule has 0 aliphatic heterocycles. The molecular weight excluding hydrogens is 330 g/mol. The standard InChI is InChI=1S/C17H18BrNO2/c1-11-8-9-13(17(20)21-3)10-16(11)19-12(2)14-6-4-5-7-15(14)18/h4-10,12,19H,1-3H3. The molecular formula is C17H18BrNO2. The summed E-state index contributed by atoms with van der Waals surface area (Å²) in [5.41, 5.74) is 3.73. The van der Waals surface area contributed by atoms with Crippen LogP contribution in [0.2, 0.25) is 0 Å². The highest BCUT2D eigenvalue weighted by Gasteiger charge is 2.12. The smallest absolute Gasteiger partial charge is 0.337 e. The Kier molecular flexibility index (Phi) is 5.02. The molecule has 110 valence electrons. The lowest BCUT2D eigenvalue weighted by Crippen LogP contribution is -2.10. The second-order valence-electron chi connectivity index (χ2n) is 4.91. The molecule has 0 radical (unpaired) electrons. The third kappa shape index (κ3) is 3.64. The Morgan fingerprint density at radius 2 is 1.95 bits per heavy atom. The molecule has 21 heavy (non-hydrogen) atoms. The number of methoxy groups -OCH3 is 1. The maximum atomic E-state index is 11.6. The molecule has 1 N–H and O–H groups in total. The SMILES string of the molecule is COC(=O)c1ccc(C)c(NC(C)c2ccccc2Br)c1. The fourth-order valence-electron chi connectivity index (χ4n) is 2.16. The molecule has 4 heteroatoms. The third-order valence-corrected chi connectivity index (χ3v) is 4.12. The van der Waals surface area contributed by atoms with Gasteiger partial charge >= 0.3 is 5.97 Å². The minimum absolute atomic E-state index is 0.118. The fraction of sp³-hybridized carbons (Fsp3) is 0.235. The first-order valence-electron chi connectivity index (χ1n) is 6.73. The van der Waals surface area contributed by atoms with Crippen LogP contribution in [-0.2, 0) is 4.74 Å². The molecule has 1 atom stereocenters. The topological polar surface area (TPSA) is 38.3 Å². The second-order valence-corrected chi connectivity index (χ2v) is 5.76. The Morgan fingerprint density at radius 3 is 2.62 bits per heavy atom. The summed E-state index contributed by atoms with van der Waals surface area (Å²) in [6, 6.07) is 13.7. The first kappa shape index (κ1) is 15.6. The molecule has 1 unspecified atom stereocenters. The number of carbonyl (C=O) groups is 1. The lowest BCUT2D eigenvalue weighted by molar-refractivity contribution is 0.0601. The van der Waals surface area contributed by atoms with Crippen LogP contribution in [0.1, 0.15) is 34.5 Å². The third-order valence-electron chi connectivity index (χ3n) is 3.40. The number of hydrogen-bond acceptors (Lipinski definition) is 3. The van der Waals surface area contributed by atoms with E-state index in [-0.39, 0.29) is 12.0 Å². The average Bonchev–Trinajstić information content (AvgIpc) is 2.49. The molecule has 0 saturated carbocycles. The summed E-state index contributed by atoms with van der Waals surface area (Å²) >= 11 is 3.56. The lowest BCUT2D eigenvalue weighted by atomic mass is 10.1. The summed E-state index contributed by atoms with van der Waals surface area (Å²) in [6.07, 6.45) is 0.